The van der Waals surface area contributed by atoms with Gasteiger partial charge in [0.1, 0.15) is 5.92 Å². The van der Waals surface area contributed by atoms with E-state index < -0.39 is 5.92 Å². The molecule has 0 unspecified atom stereocenters. The summed E-state index contributed by atoms with van der Waals surface area (Å²) in [6, 6.07) is 6.80. The minimum atomic E-state index is -0.879. The van der Waals surface area contributed by atoms with Crippen LogP contribution in [0.15, 0.2) is 36.7 Å². The highest BCUT2D eigenvalue weighted by molar-refractivity contribution is 6.29. The van der Waals surface area contributed by atoms with Crippen molar-refractivity contribution >= 4 is 11.6 Å². The van der Waals surface area contributed by atoms with Crippen molar-refractivity contribution in [2.75, 3.05) is 7.11 Å². The van der Waals surface area contributed by atoms with Crippen LogP contribution in [0.5, 0.6) is 5.88 Å². The Bertz CT molecular complexity index is 630. The molecule has 0 fully saturated rings. The summed E-state index contributed by atoms with van der Waals surface area (Å²) in [4.78, 5) is 32.6. The number of hydrogen-bond acceptors (Lipinski definition) is 5. The van der Waals surface area contributed by atoms with Crippen LogP contribution in [-0.4, -0.2) is 28.6 Å². The normalized spacial score (nSPS) is 14.6. The van der Waals surface area contributed by atoms with Gasteiger partial charge in [0.25, 0.3) is 0 Å². The van der Waals surface area contributed by atoms with Crippen LogP contribution < -0.4 is 4.74 Å². The summed E-state index contributed by atoms with van der Waals surface area (Å²) < 4.78 is 4.90. The van der Waals surface area contributed by atoms with E-state index in [1.165, 1.54) is 19.5 Å². The Labute approximate surface area is 109 Å². The lowest BCUT2D eigenvalue weighted by molar-refractivity contribution is 0.0887. The molecule has 0 atom stereocenters. The number of rotatable bonds is 2. The van der Waals surface area contributed by atoms with E-state index in [2.05, 4.69) is 9.97 Å². The van der Waals surface area contributed by atoms with Crippen LogP contribution in [-0.2, 0) is 0 Å². The number of Topliss-reactive ketones (excluding diaryl/α,β-unsaturated/α-hetero) is 2. The van der Waals surface area contributed by atoms with Crippen LogP contribution in [0.2, 0.25) is 0 Å². The van der Waals surface area contributed by atoms with Crippen molar-refractivity contribution in [2.45, 2.75) is 5.92 Å². The number of carbonyl (C=O) groups is 2. The van der Waals surface area contributed by atoms with E-state index in [1.54, 1.807) is 24.3 Å². The molecule has 19 heavy (non-hydrogen) atoms. The minimum Gasteiger partial charge on any atom is -0.480 e. The Morgan fingerprint density at radius 3 is 2.11 bits per heavy atom. The van der Waals surface area contributed by atoms with Gasteiger partial charge in [0, 0.05) is 11.1 Å². The fraction of sp³-hybridized carbons (Fsp3) is 0.143. The van der Waals surface area contributed by atoms with Crippen LogP contribution >= 0.6 is 0 Å². The first-order valence-corrected chi connectivity index (χ1v) is 5.75. The largest absolute Gasteiger partial charge is 0.480 e. The summed E-state index contributed by atoms with van der Waals surface area (Å²) >= 11 is 0. The molecule has 0 bridgehead atoms. The van der Waals surface area contributed by atoms with Gasteiger partial charge in [0.2, 0.25) is 5.88 Å². The molecule has 0 saturated carbocycles. The maximum atomic E-state index is 12.2. The number of aromatic nitrogens is 2. The third-order valence-electron chi connectivity index (χ3n) is 3.14. The lowest BCUT2D eigenvalue weighted by atomic mass is 10.0. The van der Waals surface area contributed by atoms with Crippen molar-refractivity contribution in [3.05, 3.63) is 53.5 Å². The number of ether oxygens (including phenoxy) is 1. The molecule has 1 aromatic heterocycles. The quantitative estimate of drug-likeness (QED) is 0.762. The zero-order valence-corrected chi connectivity index (χ0v) is 10.2. The number of nitrogens with zero attached hydrogens (tertiary/aromatic N) is 2. The molecular weight excluding hydrogens is 244 g/mol. The molecule has 0 N–H and O–H groups in total. The highest BCUT2D eigenvalue weighted by atomic mass is 16.5. The lowest BCUT2D eigenvalue weighted by Crippen LogP contribution is -2.14. The second kappa shape index (κ2) is 4.28. The van der Waals surface area contributed by atoms with Gasteiger partial charge in [-0.25, -0.2) is 4.98 Å². The molecule has 0 saturated heterocycles. The van der Waals surface area contributed by atoms with Crippen LogP contribution in [0.3, 0.4) is 0 Å². The van der Waals surface area contributed by atoms with E-state index >= 15 is 0 Å². The Morgan fingerprint density at radius 1 is 1.00 bits per heavy atom. The zero-order valence-electron chi connectivity index (χ0n) is 10.2. The van der Waals surface area contributed by atoms with Gasteiger partial charge in [-0.1, -0.05) is 24.3 Å². The number of carbonyl (C=O) groups excluding carboxylic acids is 2. The van der Waals surface area contributed by atoms with Gasteiger partial charge in [-0.3, -0.25) is 14.6 Å². The minimum absolute atomic E-state index is 0.222. The molecule has 5 nitrogen and oxygen atoms in total. The summed E-state index contributed by atoms with van der Waals surface area (Å²) in [7, 11) is 1.48. The van der Waals surface area contributed by atoms with Crippen molar-refractivity contribution in [1.29, 1.82) is 0 Å². The van der Waals surface area contributed by atoms with Crippen molar-refractivity contribution in [3.63, 3.8) is 0 Å². The third kappa shape index (κ3) is 1.71. The summed E-state index contributed by atoms with van der Waals surface area (Å²) in [6.07, 6.45) is 2.81. The standard InChI is InChI=1S/C14H10N2O3/c1-19-11-7-15-10(6-16-11)12-13(17)8-4-2-3-5-9(8)14(12)18/h2-7,12H,1H3. The van der Waals surface area contributed by atoms with E-state index in [0.717, 1.165) is 0 Å². The van der Waals surface area contributed by atoms with Crippen molar-refractivity contribution in [2.24, 2.45) is 0 Å². The van der Waals surface area contributed by atoms with Gasteiger partial charge in [-0.15, -0.1) is 0 Å². The zero-order chi connectivity index (χ0) is 13.4. The molecule has 1 aromatic carbocycles. The Hall–Kier alpha value is -2.56. The highest BCUT2D eigenvalue weighted by Crippen LogP contribution is 2.32. The molecule has 94 valence electrons. The molecule has 1 heterocycles. The van der Waals surface area contributed by atoms with Gasteiger partial charge in [-0.05, 0) is 0 Å². The van der Waals surface area contributed by atoms with E-state index in [1.807, 2.05) is 0 Å². The first-order chi connectivity index (χ1) is 9.22. The van der Waals surface area contributed by atoms with E-state index in [4.69, 9.17) is 4.74 Å². The highest BCUT2D eigenvalue weighted by Gasteiger charge is 2.40. The maximum absolute atomic E-state index is 12.2. The van der Waals surface area contributed by atoms with Gasteiger partial charge < -0.3 is 4.74 Å². The van der Waals surface area contributed by atoms with Crippen LogP contribution in [0.4, 0.5) is 0 Å². The molecule has 0 amide bonds. The number of hydrogen-bond donors (Lipinski definition) is 0. The Morgan fingerprint density at radius 2 is 1.63 bits per heavy atom. The Kier molecular flexibility index (Phi) is 2.59. The number of fused-ring (bicyclic) bond motifs is 1. The fourth-order valence-corrected chi connectivity index (χ4v) is 2.19. The summed E-state index contributed by atoms with van der Waals surface area (Å²) in [6.45, 7) is 0. The van der Waals surface area contributed by atoms with E-state index in [0.29, 0.717) is 22.7 Å². The van der Waals surface area contributed by atoms with E-state index in [-0.39, 0.29) is 11.6 Å². The van der Waals surface area contributed by atoms with Crippen LogP contribution in [0.25, 0.3) is 0 Å². The molecule has 1 aliphatic carbocycles. The van der Waals surface area contributed by atoms with Gasteiger partial charge in [-0.2, -0.15) is 0 Å². The predicted octanol–water partition coefficient (Wildman–Crippen LogP) is 1.65. The van der Waals surface area contributed by atoms with Gasteiger partial charge in [0.05, 0.1) is 25.2 Å². The molecule has 0 aliphatic heterocycles. The Balaban J connectivity index is 2.03. The van der Waals surface area contributed by atoms with Crippen molar-refractivity contribution in [3.8, 4) is 5.88 Å². The summed E-state index contributed by atoms with van der Waals surface area (Å²) in [5.41, 5.74) is 1.26. The topological polar surface area (TPSA) is 69.2 Å². The monoisotopic (exact) mass is 254 g/mol. The molecule has 5 heteroatoms. The van der Waals surface area contributed by atoms with Crippen molar-refractivity contribution in [1.82, 2.24) is 9.97 Å². The van der Waals surface area contributed by atoms with E-state index in [9.17, 15) is 9.59 Å². The summed E-state index contributed by atoms with van der Waals surface area (Å²) in [5.74, 6) is -0.977. The molecule has 0 radical (unpaired) electrons. The summed E-state index contributed by atoms with van der Waals surface area (Å²) in [5, 5.41) is 0. The lowest BCUT2D eigenvalue weighted by Gasteiger charge is -2.06. The number of ketones is 2. The second-order valence-electron chi connectivity index (χ2n) is 4.19. The number of benzene rings is 1. The smallest absolute Gasteiger partial charge is 0.231 e. The van der Waals surface area contributed by atoms with Gasteiger partial charge >= 0.3 is 0 Å². The van der Waals surface area contributed by atoms with Crippen LogP contribution in [0.1, 0.15) is 32.3 Å². The average Bonchev–Trinajstić information content (AvgIpc) is 2.72. The molecule has 0 spiro atoms. The average molecular weight is 254 g/mol. The fourth-order valence-electron chi connectivity index (χ4n) is 2.19. The first-order valence-electron chi connectivity index (χ1n) is 5.75. The second-order valence-corrected chi connectivity index (χ2v) is 4.19. The number of methoxy groups -OCH3 is 1. The molecule has 2 aromatic rings. The first kappa shape index (κ1) is 11.5. The van der Waals surface area contributed by atoms with Crippen LogP contribution in [0, 0.1) is 0 Å². The molecular formula is C14H10N2O3. The van der Waals surface area contributed by atoms with Gasteiger partial charge in [0.15, 0.2) is 11.6 Å². The molecule has 3 rings (SSSR count). The SMILES string of the molecule is COc1cnc(C2C(=O)c3ccccc3C2=O)cn1. The maximum Gasteiger partial charge on any atom is 0.231 e. The van der Waals surface area contributed by atoms with Crippen molar-refractivity contribution < 1.29 is 14.3 Å². The molecule has 1 aliphatic rings. The predicted molar refractivity (Wildman–Crippen MR) is 66.4 cm³/mol. The third-order valence-corrected chi connectivity index (χ3v) is 3.14.